The van der Waals surface area contributed by atoms with Gasteiger partial charge in [-0.3, -0.25) is 4.79 Å². The first kappa shape index (κ1) is 23.4. The molecule has 0 unspecified atom stereocenters. The second-order valence-corrected chi connectivity index (χ2v) is 10.3. The number of alkyl carbamates (subject to hydrolysis) is 1. The predicted molar refractivity (Wildman–Crippen MR) is 131 cm³/mol. The standard InChI is InChI=1S/C28H32N2O5/c1-27(25(32)33)13-8-16-30(27)24(31)17-28(14-6-7-15-28)29-26(34)35-18-23-21-11-4-2-9-19(21)20-10-3-5-12-22(20)23/h2-5,9-12,23H,6-8,13-18H2,1H3,(H,29,34)(H,32,33)/t27-/m1/s1. The third-order valence-corrected chi connectivity index (χ3v) is 8.16. The Labute approximate surface area is 205 Å². The van der Waals surface area contributed by atoms with E-state index in [0.29, 0.717) is 32.2 Å². The molecule has 7 nitrogen and oxygen atoms in total. The molecular weight excluding hydrogens is 444 g/mol. The van der Waals surface area contributed by atoms with Crippen molar-refractivity contribution in [2.24, 2.45) is 0 Å². The maximum atomic E-state index is 13.2. The van der Waals surface area contributed by atoms with E-state index >= 15 is 0 Å². The third-order valence-electron chi connectivity index (χ3n) is 8.16. The molecule has 2 aromatic rings. The van der Waals surface area contributed by atoms with Gasteiger partial charge in [0, 0.05) is 12.5 Å². The van der Waals surface area contributed by atoms with E-state index < -0.39 is 23.1 Å². The number of carboxylic acids is 1. The van der Waals surface area contributed by atoms with Crippen LogP contribution in [0.25, 0.3) is 11.1 Å². The van der Waals surface area contributed by atoms with Gasteiger partial charge in [-0.15, -0.1) is 0 Å². The van der Waals surface area contributed by atoms with Crippen LogP contribution in [0.1, 0.15) is 68.9 Å². The molecule has 2 aliphatic carbocycles. The van der Waals surface area contributed by atoms with Crippen molar-refractivity contribution in [1.82, 2.24) is 10.2 Å². The summed E-state index contributed by atoms with van der Waals surface area (Å²) in [7, 11) is 0. The molecule has 2 amide bonds. The Morgan fingerprint density at radius 2 is 1.57 bits per heavy atom. The number of rotatable bonds is 6. The number of amides is 2. The number of hydrogen-bond acceptors (Lipinski definition) is 4. The Kier molecular flexibility index (Phi) is 6.03. The Morgan fingerprint density at radius 1 is 0.971 bits per heavy atom. The highest BCUT2D eigenvalue weighted by Crippen LogP contribution is 2.44. The molecule has 1 saturated heterocycles. The van der Waals surface area contributed by atoms with Gasteiger partial charge in [0.25, 0.3) is 0 Å². The Bertz CT molecular complexity index is 1110. The molecule has 1 atom stereocenters. The van der Waals surface area contributed by atoms with Crippen molar-refractivity contribution < 1.29 is 24.2 Å². The normalized spacial score (nSPS) is 22.5. The molecule has 2 N–H and O–H groups in total. The van der Waals surface area contributed by atoms with Crippen LogP contribution in [0.4, 0.5) is 4.79 Å². The maximum absolute atomic E-state index is 13.2. The number of carbonyl (C=O) groups is 3. The average Bonchev–Trinajstić information content (AvgIpc) is 3.54. The molecule has 1 heterocycles. The highest BCUT2D eigenvalue weighted by atomic mass is 16.5. The van der Waals surface area contributed by atoms with Crippen LogP contribution in [0.5, 0.6) is 0 Å². The fourth-order valence-electron chi connectivity index (χ4n) is 6.22. The van der Waals surface area contributed by atoms with Gasteiger partial charge in [-0.25, -0.2) is 9.59 Å². The first-order chi connectivity index (χ1) is 16.8. The van der Waals surface area contributed by atoms with Gasteiger partial charge in [0.1, 0.15) is 12.1 Å². The second kappa shape index (κ2) is 9.02. The average molecular weight is 477 g/mol. The summed E-state index contributed by atoms with van der Waals surface area (Å²) in [6.07, 6.45) is 3.87. The van der Waals surface area contributed by atoms with Crippen LogP contribution in [-0.4, -0.2) is 52.2 Å². The number of likely N-dealkylation sites (tertiary alicyclic amines) is 1. The lowest BCUT2D eigenvalue weighted by Crippen LogP contribution is -2.55. The van der Waals surface area contributed by atoms with Crippen LogP contribution >= 0.6 is 0 Å². The van der Waals surface area contributed by atoms with Gasteiger partial charge in [-0.1, -0.05) is 61.4 Å². The topological polar surface area (TPSA) is 95.9 Å². The van der Waals surface area contributed by atoms with Gasteiger partial charge in [0.2, 0.25) is 5.91 Å². The van der Waals surface area contributed by atoms with Crippen molar-refractivity contribution in [3.8, 4) is 11.1 Å². The zero-order valence-corrected chi connectivity index (χ0v) is 20.1. The van der Waals surface area contributed by atoms with E-state index in [0.717, 1.165) is 24.0 Å². The maximum Gasteiger partial charge on any atom is 0.407 e. The summed E-state index contributed by atoms with van der Waals surface area (Å²) in [5.74, 6) is -1.23. The summed E-state index contributed by atoms with van der Waals surface area (Å²) in [6, 6.07) is 16.4. The molecule has 0 aromatic heterocycles. The smallest absolute Gasteiger partial charge is 0.407 e. The lowest BCUT2D eigenvalue weighted by atomic mass is 9.91. The molecule has 2 fully saturated rings. The van der Waals surface area contributed by atoms with E-state index in [1.165, 1.54) is 16.0 Å². The van der Waals surface area contributed by atoms with E-state index in [2.05, 4.69) is 29.6 Å². The molecule has 184 valence electrons. The van der Waals surface area contributed by atoms with Gasteiger partial charge < -0.3 is 20.1 Å². The largest absolute Gasteiger partial charge is 0.480 e. The number of ether oxygens (including phenoxy) is 1. The molecule has 3 aliphatic rings. The van der Waals surface area contributed by atoms with Gasteiger partial charge in [-0.2, -0.15) is 0 Å². The number of hydrogen-bond donors (Lipinski definition) is 2. The molecule has 1 saturated carbocycles. The summed E-state index contributed by atoms with van der Waals surface area (Å²) in [6.45, 7) is 2.26. The second-order valence-electron chi connectivity index (χ2n) is 10.3. The number of nitrogens with one attached hydrogen (secondary N) is 1. The molecule has 1 aliphatic heterocycles. The molecule has 0 bridgehead atoms. The highest BCUT2D eigenvalue weighted by molar-refractivity contribution is 5.88. The summed E-state index contributed by atoms with van der Waals surface area (Å²) >= 11 is 0. The fourth-order valence-corrected chi connectivity index (χ4v) is 6.22. The number of aliphatic carboxylic acids is 1. The number of nitrogens with zero attached hydrogens (tertiary/aromatic N) is 1. The van der Waals surface area contributed by atoms with Crippen molar-refractivity contribution in [2.75, 3.05) is 13.2 Å². The Balaban J connectivity index is 1.26. The number of carbonyl (C=O) groups excluding carboxylic acids is 2. The van der Waals surface area contributed by atoms with Crippen LogP contribution in [0, 0.1) is 0 Å². The quantitative estimate of drug-likeness (QED) is 0.630. The predicted octanol–water partition coefficient (Wildman–Crippen LogP) is 4.69. The van der Waals surface area contributed by atoms with E-state index in [1.54, 1.807) is 6.92 Å². The molecular formula is C28H32N2O5. The Morgan fingerprint density at radius 3 is 2.17 bits per heavy atom. The number of fused-ring (bicyclic) bond motifs is 3. The number of carboxylic acid groups (broad SMARTS) is 1. The summed E-state index contributed by atoms with van der Waals surface area (Å²) < 4.78 is 5.74. The van der Waals surface area contributed by atoms with Crippen LogP contribution < -0.4 is 5.32 Å². The molecule has 7 heteroatoms. The zero-order chi connectivity index (χ0) is 24.6. The zero-order valence-electron chi connectivity index (χ0n) is 20.1. The van der Waals surface area contributed by atoms with E-state index in [-0.39, 0.29) is 24.9 Å². The molecule has 0 radical (unpaired) electrons. The van der Waals surface area contributed by atoms with Crippen molar-refractivity contribution >= 4 is 18.0 Å². The van der Waals surface area contributed by atoms with E-state index in [4.69, 9.17) is 4.74 Å². The van der Waals surface area contributed by atoms with Crippen LogP contribution in [-0.2, 0) is 14.3 Å². The lowest BCUT2D eigenvalue weighted by molar-refractivity contribution is -0.155. The van der Waals surface area contributed by atoms with E-state index in [1.807, 2.05) is 24.3 Å². The third kappa shape index (κ3) is 4.17. The SMILES string of the molecule is C[C@]1(C(=O)O)CCCN1C(=O)CC1(NC(=O)OCC2c3ccccc3-c3ccccc32)CCCC1. The Hall–Kier alpha value is -3.35. The van der Waals surface area contributed by atoms with Crippen molar-refractivity contribution in [2.45, 2.75) is 68.9 Å². The minimum Gasteiger partial charge on any atom is -0.480 e. The summed E-state index contributed by atoms with van der Waals surface area (Å²) in [5, 5.41) is 12.7. The monoisotopic (exact) mass is 476 g/mol. The minimum atomic E-state index is -1.18. The molecule has 2 aromatic carbocycles. The van der Waals surface area contributed by atoms with Crippen LogP contribution in [0.15, 0.2) is 48.5 Å². The summed E-state index contributed by atoms with van der Waals surface area (Å²) in [5.41, 5.74) is 2.76. The van der Waals surface area contributed by atoms with Gasteiger partial charge in [0.15, 0.2) is 0 Å². The number of benzene rings is 2. The van der Waals surface area contributed by atoms with Crippen LogP contribution in [0.3, 0.4) is 0 Å². The highest BCUT2D eigenvalue weighted by Gasteiger charge is 2.48. The fraction of sp³-hybridized carbons (Fsp3) is 0.464. The van der Waals surface area contributed by atoms with Gasteiger partial charge in [-0.05, 0) is 54.9 Å². The lowest BCUT2D eigenvalue weighted by Gasteiger charge is -2.36. The van der Waals surface area contributed by atoms with Crippen molar-refractivity contribution in [3.63, 3.8) is 0 Å². The molecule has 35 heavy (non-hydrogen) atoms. The summed E-state index contributed by atoms with van der Waals surface area (Å²) in [4.78, 5) is 39.5. The molecule has 0 spiro atoms. The van der Waals surface area contributed by atoms with Gasteiger partial charge >= 0.3 is 12.1 Å². The van der Waals surface area contributed by atoms with Crippen molar-refractivity contribution in [3.05, 3.63) is 59.7 Å². The van der Waals surface area contributed by atoms with E-state index in [9.17, 15) is 19.5 Å². The first-order valence-corrected chi connectivity index (χ1v) is 12.5. The molecule has 5 rings (SSSR count). The van der Waals surface area contributed by atoms with Crippen LogP contribution in [0.2, 0.25) is 0 Å². The van der Waals surface area contributed by atoms with Gasteiger partial charge in [0.05, 0.1) is 12.0 Å². The first-order valence-electron chi connectivity index (χ1n) is 12.5. The minimum absolute atomic E-state index is 0.0322. The van der Waals surface area contributed by atoms with Crippen molar-refractivity contribution in [1.29, 1.82) is 0 Å².